The van der Waals surface area contributed by atoms with Gasteiger partial charge in [-0.05, 0) is 67.3 Å². The average molecular weight is 419 g/mol. The van der Waals surface area contributed by atoms with Crippen molar-refractivity contribution in [3.05, 3.63) is 70.8 Å². The summed E-state index contributed by atoms with van der Waals surface area (Å²) in [5.41, 5.74) is 4.44. The van der Waals surface area contributed by atoms with Crippen LogP contribution in [0.4, 0.5) is 0 Å². The van der Waals surface area contributed by atoms with Crippen LogP contribution < -0.4 is 16.1 Å². The zero-order valence-electron chi connectivity index (χ0n) is 17.4. The van der Waals surface area contributed by atoms with Gasteiger partial charge in [-0.15, -0.1) is 0 Å². The highest BCUT2D eigenvalue weighted by atomic mass is 16.5. The number of hydroxylamine groups is 1. The fraction of sp³-hybridized carbons (Fsp3) is 0.250. The van der Waals surface area contributed by atoms with Crippen LogP contribution in [-0.4, -0.2) is 40.8 Å². The lowest BCUT2D eigenvalue weighted by Gasteiger charge is -2.19. The van der Waals surface area contributed by atoms with Crippen molar-refractivity contribution < 1.29 is 19.9 Å². The van der Waals surface area contributed by atoms with E-state index in [4.69, 9.17) is 5.21 Å². The summed E-state index contributed by atoms with van der Waals surface area (Å²) in [7, 11) is 0. The molecule has 7 heteroatoms. The maximum Gasteiger partial charge on any atom is 0.268 e. The Bertz CT molecular complexity index is 1010. The number of nitrogens with one attached hydrogen (secondary N) is 3. The molecule has 31 heavy (non-hydrogen) atoms. The Labute approximate surface area is 181 Å². The fourth-order valence-corrected chi connectivity index (χ4v) is 2.59. The van der Waals surface area contributed by atoms with E-state index in [0.717, 1.165) is 18.7 Å². The lowest BCUT2D eigenvalue weighted by atomic mass is 10.1. The minimum Gasteiger partial charge on any atom is -0.391 e. The summed E-state index contributed by atoms with van der Waals surface area (Å²) < 4.78 is 0. The largest absolute Gasteiger partial charge is 0.391 e. The second kappa shape index (κ2) is 12.2. The third kappa shape index (κ3) is 7.61. The number of amides is 2. The maximum absolute atomic E-state index is 12.2. The van der Waals surface area contributed by atoms with Gasteiger partial charge in [0.05, 0.1) is 6.10 Å². The molecule has 2 amide bonds. The lowest BCUT2D eigenvalue weighted by Crippen LogP contribution is -2.51. The minimum absolute atomic E-state index is 0.283. The first-order valence-electron chi connectivity index (χ1n) is 9.79. The molecule has 7 nitrogen and oxygen atoms in total. The summed E-state index contributed by atoms with van der Waals surface area (Å²) in [5, 5.41) is 23.9. The quantitative estimate of drug-likeness (QED) is 0.263. The number of benzene rings is 2. The van der Waals surface area contributed by atoms with Crippen LogP contribution in [0.1, 0.15) is 40.9 Å². The van der Waals surface area contributed by atoms with Gasteiger partial charge in [0.25, 0.3) is 11.8 Å². The molecule has 0 aliphatic rings. The molecule has 160 valence electrons. The molecule has 0 aliphatic heterocycles. The normalized spacial score (nSPS) is 11.7. The van der Waals surface area contributed by atoms with Gasteiger partial charge >= 0.3 is 0 Å². The molecule has 5 N–H and O–H groups in total. The summed E-state index contributed by atoms with van der Waals surface area (Å²) in [6.07, 6.45) is -1.18. The summed E-state index contributed by atoms with van der Waals surface area (Å²) in [6.45, 7) is 5.14. The number of aliphatic hydroxyl groups excluding tert-OH is 1. The van der Waals surface area contributed by atoms with Gasteiger partial charge in [0.2, 0.25) is 0 Å². The first kappa shape index (κ1) is 23.7. The highest BCUT2D eigenvalue weighted by Gasteiger charge is 2.25. The lowest BCUT2D eigenvalue weighted by molar-refractivity contribution is -0.133. The topological polar surface area (TPSA) is 111 Å². The SMILES string of the molecule is CCNCc1ccc(C#CC#Cc2ccc(C(=O)NC(C(=O)NO)C(C)O)cc2)cc1. The Morgan fingerprint density at radius 3 is 2.00 bits per heavy atom. The standard InChI is InChI=1S/C24H25N3O4/c1-3-25-16-20-10-8-18(9-11-20)6-4-5-7-19-12-14-21(15-13-19)23(29)26-22(17(2)28)24(30)27-31/h8-15,17,22,25,28,31H,3,16H2,1-2H3,(H,26,29)(H,27,30). The summed E-state index contributed by atoms with van der Waals surface area (Å²) in [6, 6.07) is 13.1. The van der Waals surface area contributed by atoms with E-state index in [1.54, 1.807) is 24.3 Å². The number of rotatable bonds is 7. The summed E-state index contributed by atoms with van der Waals surface area (Å²) in [4.78, 5) is 23.8. The van der Waals surface area contributed by atoms with Crippen molar-refractivity contribution in [2.45, 2.75) is 32.5 Å². The van der Waals surface area contributed by atoms with Gasteiger partial charge in [0, 0.05) is 23.2 Å². The van der Waals surface area contributed by atoms with E-state index in [0.29, 0.717) is 5.56 Å². The van der Waals surface area contributed by atoms with Gasteiger partial charge in [-0.3, -0.25) is 14.8 Å². The van der Waals surface area contributed by atoms with Crippen LogP contribution in [0.2, 0.25) is 0 Å². The monoisotopic (exact) mass is 419 g/mol. The van der Waals surface area contributed by atoms with Crippen LogP contribution in [0.3, 0.4) is 0 Å². The molecule has 2 atom stereocenters. The van der Waals surface area contributed by atoms with Gasteiger partial charge < -0.3 is 15.7 Å². The molecular weight excluding hydrogens is 394 g/mol. The van der Waals surface area contributed by atoms with E-state index < -0.39 is 24.0 Å². The predicted octanol–water partition coefficient (Wildman–Crippen LogP) is 1.18. The molecule has 0 saturated carbocycles. The van der Waals surface area contributed by atoms with Crippen LogP contribution in [0.25, 0.3) is 0 Å². The molecule has 0 spiro atoms. The summed E-state index contributed by atoms with van der Waals surface area (Å²) in [5.74, 6) is 10.0. The minimum atomic E-state index is -1.27. The zero-order chi connectivity index (χ0) is 22.6. The number of carbonyl (C=O) groups excluding carboxylic acids is 2. The Balaban J connectivity index is 1.98. The molecule has 0 saturated heterocycles. The van der Waals surface area contributed by atoms with Gasteiger partial charge in [-0.1, -0.05) is 30.9 Å². The highest BCUT2D eigenvalue weighted by molar-refractivity contribution is 5.97. The van der Waals surface area contributed by atoms with Crippen molar-refractivity contribution in [2.75, 3.05) is 6.54 Å². The molecule has 0 fully saturated rings. The zero-order valence-corrected chi connectivity index (χ0v) is 17.4. The molecule has 0 aliphatic carbocycles. The molecule has 0 radical (unpaired) electrons. The third-order valence-electron chi connectivity index (χ3n) is 4.32. The number of hydrogen-bond acceptors (Lipinski definition) is 5. The average Bonchev–Trinajstić information content (AvgIpc) is 2.79. The Kier molecular flexibility index (Phi) is 9.28. The van der Waals surface area contributed by atoms with E-state index in [2.05, 4.69) is 41.2 Å². The second-order valence-corrected chi connectivity index (χ2v) is 6.72. The fourth-order valence-electron chi connectivity index (χ4n) is 2.59. The number of carbonyl (C=O) groups is 2. The van der Waals surface area contributed by atoms with Gasteiger partial charge in [-0.2, -0.15) is 0 Å². The van der Waals surface area contributed by atoms with Crippen LogP contribution >= 0.6 is 0 Å². The third-order valence-corrected chi connectivity index (χ3v) is 4.32. The van der Waals surface area contributed by atoms with E-state index in [9.17, 15) is 14.7 Å². The van der Waals surface area contributed by atoms with Crippen LogP contribution in [0, 0.1) is 23.7 Å². The van der Waals surface area contributed by atoms with Crippen LogP contribution in [-0.2, 0) is 11.3 Å². The Hall–Kier alpha value is -3.62. The summed E-state index contributed by atoms with van der Waals surface area (Å²) >= 11 is 0. The number of aliphatic hydroxyl groups is 1. The predicted molar refractivity (Wildman–Crippen MR) is 117 cm³/mol. The Morgan fingerprint density at radius 1 is 0.968 bits per heavy atom. The van der Waals surface area contributed by atoms with Crippen molar-refractivity contribution >= 4 is 11.8 Å². The number of hydrogen-bond donors (Lipinski definition) is 5. The van der Waals surface area contributed by atoms with Gasteiger partial charge in [0.15, 0.2) is 0 Å². The molecule has 2 aromatic carbocycles. The van der Waals surface area contributed by atoms with E-state index in [1.165, 1.54) is 18.0 Å². The van der Waals surface area contributed by atoms with Crippen molar-refractivity contribution in [1.82, 2.24) is 16.1 Å². The van der Waals surface area contributed by atoms with Crippen molar-refractivity contribution in [3.8, 4) is 23.7 Å². The van der Waals surface area contributed by atoms with Crippen LogP contribution in [0.5, 0.6) is 0 Å². The van der Waals surface area contributed by atoms with Crippen molar-refractivity contribution in [3.63, 3.8) is 0 Å². The van der Waals surface area contributed by atoms with E-state index in [1.807, 2.05) is 24.3 Å². The van der Waals surface area contributed by atoms with Crippen molar-refractivity contribution in [1.29, 1.82) is 0 Å². The molecular formula is C24H25N3O4. The highest BCUT2D eigenvalue weighted by Crippen LogP contribution is 2.05. The first-order valence-corrected chi connectivity index (χ1v) is 9.79. The molecule has 2 rings (SSSR count). The smallest absolute Gasteiger partial charge is 0.268 e. The molecule has 2 aromatic rings. The maximum atomic E-state index is 12.2. The molecule has 0 bridgehead atoms. The van der Waals surface area contributed by atoms with Crippen molar-refractivity contribution in [2.24, 2.45) is 0 Å². The molecule has 2 unspecified atom stereocenters. The molecule has 0 aromatic heterocycles. The Morgan fingerprint density at radius 2 is 1.52 bits per heavy atom. The van der Waals surface area contributed by atoms with Gasteiger partial charge in [-0.25, -0.2) is 5.48 Å². The van der Waals surface area contributed by atoms with E-state index in [-0.39, 0.29) is 5.56 Å². The van der Waals surface area contributed by atoms with Crippen LogP contribution in [0.15, 0.2) is 48.5 Å². The first-order chi connectivity index (χ1) is 14.9. The second-order valence-electron chi connectivity index (χ2n) is 6.72. The van der Waals surface area contributed by atoms with Gasteiger partial charge in [0.1, 0.15) is 6.04 Å². The molecule has 0 heterocycles. The van der Waals surface area contributed by atoms with E-state index >= 15 is 0 Å².